The van der Waals surface area contributed by atoms with Crippen molar-refractivity contribution >= 4 is 99.6 Å². The number of rotatable bonds is 4. The van der Waals surface area contributed by atoms with Crippen molar-refractivity contribution in [3.05, 3.63) is 191 Å². The first-order chi connectivity index (χ1) is 31.4. The van der Waals surface area contributed by atoms with E-state index in [1.807, 2.05) is 11.3 Å². The average molecular weight is 856 g/mol. The van der Waals surface area contributed by atoms with Crippen molar-refractivity contribution in [2.24, 2.45) is 0 Å². The van der Waals surface area contributed by atoms with E-state index in [0.717, 1.165) is 5.69 Å². The molecule has 3 nitrogen and oxygen atoms in total. The maximum absolute atomic E-state index is 2.69. The van der Waals surface area contributed by atoms with Gasteiger partial charge in [-0.25, -0.2) is 0 Å². The van der Waals surface area contributed by atoms with Gasteiger partial charge in [0.15, 0.2) is 0 Å². The number of thiophene rings is 1. The van der Waals surface area contributed by atoms with Gasteiger partial charge in [-0.05, 0) is 137 Å². The van der Waals surface area contributed by atoms with Gasteiger partial charge in [-0.3, -0.25) is 0 Å². The van der Waals surface area contributed by atoms with Crippen LogP contribution in [0, 0.1) is 20.8 Å². The molecule has 3 aliphatic rings. The maximum Gasteiger partial charge on any atom is 0.252 e. The van der Waals surface area contributed by atoms with Crippen molar-refractivity contribution in [3.8, 4) is 16.9 Å². The van der Waals surface area contributed by atoms with Crippen molar-refractivity contribution in [1.29, 1.82) is 0 Å². The average Bonchev–Trinajstić information content (AvgIpc) is 3.93. The van der Waals surface area contributed by atoms with Crippen molar-refractivity contribution < 1.29 is 0 Å². The smallest absolute Gasteiger partial charge is 0.252 e. The van der Waals surface area contributed by atoms with E-state index in [1.165, 1.54) is 126 Å². The normalized spacial score (nSPS) is 14.2. The van der Waals surface area contributed by atoms with Gasteiger partial charge >= 0.3 is 0 Å². The van der Waals surface area contributed by atoms with Crippen LogP contribution in [0.15, 0.2) is 158 Å². The molecule has 5 heteroatoms. The van der Waals surface area contributed by atoms with Gasteiger partial charge in [-0.15, -0.1) is 11.3 Å². The summed E-state index contributed by atoms with van der Waals surface area (Å²) < 4.78 is 5.31. The lowest BCUT2D eigenvalue weighted by molar-refractivity contribution is 0.591. The molecule has 0 N–H and O–H groups in total. The van der Waals surface area contributed by atoms with Crippen LogP contribution < -0.4 is 26.2 Å². The molecule has 0 saturated heterocycles. The summed E-state index contributed by atoms with van der Waals surface area (Å²) in [4.78, 5) is 5.13. The SMILES string of the molecule is Cc1cc2c3c(c1)-n1c4c(c5cc(C(C)(C)C)cc(c51)B3c1ccc(N(c3ccccc3C)c3ccccc3C)cc1N2c1cccc2sc3ccccc3c12)C(C)(C)c1ccccc1-4. The van der Waals surface area contributed by atoms with Crippen LogP contribution in [0.25, 0.3) is 48.0 Å². The Morgan fingerprint density at radius 2 is 1.26 bits per heavy atom. The van der Waals surface area contributed by atoms with Gasteiger partial charge in [0.2, 0.25) is 0 Å². The van der Waals surface area contributed by atoms with Crippen LogP contribution in [0.4, 0.5) is 34.1 Å². The summed E-state index contributed by atoms with van der Waals surface area (Å²) >= 11 is 1.89. The van der Waals surface area contributed by atoms with E-state index < -0.39 is 0 Å². The Bertz CT molecular complexity index is 3650. The van der Waals surface area contributed by atoms with Crippen molar-refractivity contribution in [2.75, 3.05) is 9.80 Å². The molecule has 0 fully saturated rings. The molecule has 1 aliphatic carbocycles. The highest BCUT2D eigenvalue weighted by molar-refractivity contribution is 7.26. The Kier molecular flexibility index (Phi) is 7.95. The molecule has 2 aromatic heterocycles. The fourth-order valence-corrected chi connectivity index (χ4v) is 13.1. The van der Waals surface area contributed by atoms with Crippen LogP contribution in [0.1, 0.15) is 68.0 Å². The Morgan fingerprint density at radius 3 is 2.02 bits per heavy atom. The number of fused-ring (bicyclic) bond motifs is 12. The number of para-hydroxylation sites is 2. The second kappa shape index (κ2) is 13.4. The molecule has 8 aromatic carbocycles. The van der Waals surface area contributed by atoms with Crippen LogP contribution in [0.5, 0.6) is 0 Å². The maximum atomic E-state index is 2.69. The lowest BCUT2D eigenvalue weighted by atomic mass is 9.33. The minimum Gasteiger partial charge on any atom is -0.311 e. The van der Waals surface area contributed by atoms with Gasteiger partial charge < -0.3 is 14.4 Å². The summed E-state index contributed by atoms with van der Waals surface area (Å²) in [5.74, 6) is 0. The van der Waals surface area contributed by atoms with Gasteiger partial charge in [0.05, 0.1) is 11.4 Å². The Morgan fingerprint density at radius 1 is 0.585 bits per heavy atom. The van der Waals surface area contributed by atoms with Gasteiger partial charge in [0, 0.05) is 76.2 Å². The molecule has 2 aliphatic heterocycles. The highest BCUT2D eigenvalue weighted by Gasteiger charge is 2.48. The fourth-order valence-electron chi connectivity index (χ4n) is 12.0. The fraction of sp³-hybridized carbons (Fsp3) is 0.167. The number of hydrogen-bond donors (Lipinski definition) is 0. The molecule has 0 radical (unpaired) electrons. The number of anilines is 6. The molecule has 0 bridgehead atoms. The van der Waals surface area contributed by atoms with Gasteiger partial charge in [0.25, 0.3) is 6.71 Å². The predicted molar refractivity (Wildman–Crippen MR) is 281 cm³/mol. The number of aromatic nitrogens is 1. The van der Waals surface area contributed by atoms with Crippen molar-refractivity contribution in [3.63, 3.8) is 0 Å². The monoisotopic (exact) mass is 855 g/mol. The minimum atomic E-state index is -0.168. The molecular weight excluding hydrogens is 806 g/mol. The van der Waals surface area contributed by atoms with E-state index in [4.69, 9.17) is 0 Å². The number of benzene rings is 8. The Hall–Kier alpha value is -6.82. The summed E-state index contributed by atoms with van der Waals surface area (Å²) in [5.41, 5.74) is 24.4. The highest BCUT2D eigenvalue weighted by Crippen LogP contribution is 2.56. The third-order valence-electron chi connectivity index (χ3n) is 15.0. The molecule has 0 amide bonds. The van der Waals surface area contributed by atoms with E-state index in [-0.39, 0.29) is 17.5 Å². The first kappa shape index (κ1) is 38.6. The molecule has 0 spiro atoms. The quantitative estimate of drug-likeness (QED) is 0.163. The van der Waals surface area contributed by atoms with Crippen LogP contribution in [0.2, 0.25) is 0 Å². The summed E-state index contributed by atoms with van der Waals surface area (Å²) in [5, 5.41) is 3.99. The molecular formula is C60H50BN3S. The third-order valence-corrected chi connectivity index (χ3v) is 16.1. The van der Waals surface area contributed by atoms with Crippen LogP contribution in [-0.2, 0) is 10.8 Å². The first-order valence-corrected chi connectivity index (χ1v) is 24.0. The lowest BCUT2D eigenvalue weighted by Crippen LogP contribution is -2.60. The van der Waals surface area contributed by atoms with Crippen LogP contribution >= 0.6 is 11.3 Å². The topological polar surface area (TPSA) is 11.4 Å². The molecule has 4 heterocycles. The van der Waals surface area contributed by atoms with E-state index >= 15 is 0 Å². The Labute approximate surface area is 386 Å². The van der Waals surface area contributed by atoms with Gasteiger partial charge in [0.1, 0.15) is 0 Å². The third kappa shape index (κ3) is 5.25. The highest BCUT2D eigenvalue weighted by atomic mass is 32.1. The first-order valence-electron chi connectivity index (χ1n) is 23.1. The Balaban J connectivity index is 1.19. The number of hydrogen-bond acceptors (Lipinski definition) is 3. The molecule has 0 unspecified atom stereocenters. The molecule has 0 saturated carbocycles. The zero-order valence-corrected chi connectivity index (χ0v) is 39.2. The minimum absolute atomic E-state index is 0.00961. The summed E-state index contributed by atoms with van der Waals surface area (Å²) in [7, 11) is 0. The van der Waals surface area contributed by atoms with E-state index in [1.54, 1.807) is 0 Å². The van der Waals surface area contributed by atoms with Crippen LogP contribution in [0.3, 0.4) is 0 Å². The molecule has 65 heavy (non-hydrogen) atoms. The molecule has 13 rings (SSSR count). The van der Waals surface area contributed by atoms with E-state index in [2.05, 4.69) is 227 Å². The number of nitrogens with zero attached hydrogens (tertiary/aromatic N) is 3. The zero-order valence-electron chi connectivity index (χ0n) is 38.3. The second-order valence-corrected chi connectivity index (χ2v) is 21.4. The largest absolute Gasteiger partial charge is 0.311 e. The summed E-state index contributed by atoms with van der Waals surface area (Å²) in [6, 6.07) is 60.2. The molecule has 10 aromatic rings. The van der Waals surface area contributed by atoms with Crippen molar-refractivity contribution in [2.45, 2.75) is 66.2 Å². The zero-order chi connectivity index (χ0) is 44.3. The standard InChI is InChI=1S/C60H50BN3S/c1-35-30-50-56-51(31-35)64-57-42(55-58(64)40-20-11-13-22-43(40)60(55,7)8)32-38(59(4,5)6)33-45(57)61(56)44-29-28-39(62(46-23-14-9-18-36(46)2)47-24-15-10-19-37(47)3)34-49(44)63(50)48-25-17-27-53-54(48)41-21-12-16-26-52(41)65-53/h9-34H,1-8H3. The van der Waals surface area contributed by atoms with Gasteiger partial charge in [-0.2, -0.15) is 0 Å². The van der Waals surface area contributed by atoms with Crippen molar-refractivity contribution in [1.82, 2.24) is 4.57 Å². The summed E-state index contributed by atoms with van der Waals surface area (Å²) in [6.45, 7) is 18.8. The molecule has 314 valence electrons. The predicted octanol–water partition coefficient (Wildman–Crippen LogP) is 14.6. The lowest BCUT2D eigenvalue weighted by Gasteiger charge is -2.42. The van der Waals surface area contributed by atoms with E-state index in [0.29, 0.717) is 0 Å². The second-order valence-electron chi connectivity index (χ2n) is 20.3. The van der Waals surface area contributed by atoms with Crippen LogP contribution in [-0.4, -0.2) is 11.3 Å². The molecule has 0 atom stereocenters. The van der Waals surface area contributed by atoms with E-state index in [9.17, 15) is 0 Å². The summed E-state index contributed by atoms with van der Waals surface area (Å²) in [6.07, 6.45) is 0. The number of aryl methyl sites for hydroxylation is 3. The van der Waals surface area contributed by atoms with Gasteiger partial charge in [-0.1, -0.05) is 132 Å².